The number of hydrogen-bond acceptors (Lipinski definition) is 3. The van der Waals surface area contributed by atoms with Gasteiger partial charge in [-0.3, -0.25) is 0 Å². The molecule has 1 fully saturated rings. The molecule has 1 saturated heterocycles. The number of halogens is 1. The normalized spacial score (nSPS) is 23.5. The van der Waals surface area contributed by atoms with Gasteiger partial charge in [-0.15, -0.1) is 0 Å². The van der Waals surface area contributed by atoms with Gasteiger partial charge in [-0.2, -0.15) is 5.26 Å². The number of aliphatic hydroxyl groups is 1. The first-order valence-electron chi connectivity index (χ1n) is 6.53. The van der Waals surface area contributed by atoms with Crippen molar-refractivity contribution in [3.05, 3.63) is 28.2 Å². The molecule has 3 nitrogen and oxygen atoms in total. The zero-order valence-electron chi connectivity index (χ0n) is 11.5. The minimum atomic E-state index is -0.655. The molecule has 0 bridgehead atoms. The van der Waals surface area contributed by atoms with E-state index < -0.39 is 5.60 Å². The van der Waals surface area contributed by atoms with Gasteiger partial charge in [-0.25, -0.2) is 0 Å². The predicted octanol–water partition coefficient (Wildman–Crippen LogP) is 3.31. The summed E-state index contributed by atoms with van der Waals surface area (Å²) in [6, 6.07) is 8.25. The molecule has 102 valence electrons. The first-order chi connectivity index (χ1) is 8.84. The highest BCUT2D eigenvalue weighted by Gasteiger charge is 2.39. The van der Waals surface area contributed by atoms with Crippen LogP contribution in [0.1, 0.15) is 32.8 Å². The Kier molecular flexibility index (Phi) is 3.89. The van der Waals surface area contributed by atoms with Crippen LogP contribution in [-0.4, -0.2) is 23.3 Å². The third-order valence-electron chi connectivity index (χ3n) is 4.07. The van der Waals surface area contributed by atoms with Gasteiger partial charge in [0, 0.05) is 28.7 Å². The Labute approximate surface area is 123 Å². The second kappa shape index (κ2) is 5.15. The minimum Gasteiger partial charge on any atom is -0.390 e. The topological polar surface area (TPSA) is 47.3 Å². The molecule has 0 radical (unpaired) electrons. The Hall–Kier alpha value is -1.05. The quantitative estimate of drug-likeness (QED) is 0.908. The number of anilines is 1. The van der Waals surface area contributed by atoms with Crippen LogP contribution in [0.15, 0.2) is 22.7 Å². The van der Waals surface area contributed by atoms with Gasteiger partial charge in [0.2, 0.25) is 0 Å². The molecule has 1 heterocycles. The number of benzene rings is 1. The standard InChI is InChI=1S/C15H19BrN2O/c1-10-13(15(2,3)19)6-7-18(10)12-5-4-11(9-17)14(16)8-12/h4-5,8,10,13,19H,6-7H2,1-3H3. The maximum absolute atomic E-state index is 10.2. The van der Waals surface area contributed by atoms with Crippen LogP contribution >= 0.6 is 15.9 Å². The minimum absolute atomic E-state index is 0.266. The van der Waals surface area contributed by atoms with Crippen molar-refractivity contribution in [2.45, 2.75) is 38.8 Å². The highest BCUT2D eigenvalue weighted by Crippen LogP contribution is 2.37. The SMILES string of the molecule is CC1C(C(C)(C)O)CCN1c1ccc(C#N)c(Br)c1. The Morgan fingerprint density at radius 3 is 2.63 bits per heavy atom. The zero-order valence-corrected chi connectivity index (χ0v) is 13.1. The monoisotopic (exact) mass is 322 g/mol. The van der Waals surface area contributed by atoms with Gasteiger partial charge in [0.1, 0.15) is 6.07 Å². The summed E-state index contributed by atoms with van der Waals surface area (Å²) in [4.78, 5) is 2.30. The fourth-order valence-corrected chi connectivity index (χ4v) is 3.48. The summed E-state index contributed by atoms with van der Waals surface area (Å²) in [7, 11) is 0. The zero-order chi connectivity index (χ0) is 14.2. The van der Waals surface area contributed by atoms with Crippen LogP contribution in [-0.2, 0) is 0 Å². The summed E-state index contributed by atoms with van der Waals surface area (Å²) >= 11 is 3.43. The molecular weight excluding hydrogens is 304 g/mol. The Morgan fingerprint density at radius 1 is 1.47 bits per heavy atom. The summed E-state index contributed by atoms with van der Waals surface area (Å²) in [6.45, 7) is 6.86. The van der Waals surface area contributed by atoms with Crippen LogP contribution in [0, 0.1) is 17.2 Å². The molecule has 19 heavy (non-hydrogen) atoms. The van der Waals surface area contributed by atoms with E-state index in [1.165, 1.54) is 0 Å². The van der Waals surface area contributed by atoms with Crippen molar-refractivity contribution in [1.82, 2.24) is 0 Å². The van der Waals surface area contributed by atoms with E-state index in [0.717, 1.165) is 23.1 Å². The van der Waals surface area contributed by atoms with E-state index in [4.69, 9.17) is 5.26 Å². The maximum atomic E-state index is 10.2. The van der Waals surface area contributed by atoms with Crippen LogP contribution in [0.4, 0.5) is 5.69 Å². The molecular formula is C15H19BrN2O. The van der Waals surface area contributed by atoms with E-state index in [-0.39, 0.29) is 5.92 Å². The summed E-state index contributed by atoms with van der Waals surface area (Å²) in [5.74, 6) is 0.266. The van der Waals surface area contributed by atoms with Crippen LogP contribution in [0.2, 0.25) is 0 Å². The van der Waals surface area contributed by atoms with Gasteiger partial charge < -0.3 is 10.0 Å². The molecule has 1 aliphatic heterocycles. The molecule has 0 amide bonds. The molecule has 2 rings (SSSR count). The molecule has 4 heteroatoms. The van der Waals surface area contributed by atoms with Crippen molar-refractivity contribution in [3.63, 3.8) is 0 Å². The number of nitrogens with zero attached hydrogens (tertiary/aromatic N) is 2. The molecule has 0 spiro atoms. The molecule has 1 N–H and O–H groups in total. The van der Waals surface area contributed by atoms with Gasteiger partial charge >= 0.3 is 0 Å². The fourth-order valence-electron chi connectivity index (χ4n) is 3.02. The highest BCUT2D eigenvalue weighted by molar-refractivity contribution is 9.10. The molecule has 1 aliphatic rings. The third-order valence-corrected chi connectivity index (χ3v) is 4.72. The van der Waals surface area contributed by atoms with Gasteiger partial charge in [0.25, 0.3) is 0 Å². The Morgan fingerprint density at radius 2 is 2.16 bits per heavy atom. The first-order valence-corrected chi connectivity index (χ1v) is 7.32. The van der Waals surface area contributed by atoms with Crippen LogP contribution < -0.4 is 4.90 Å². The Balaban J connectivity index is 2.25. The molecule has 0 aliphatic carbocycles. The average Bonchev–Trinajstić information content (AvgIpc) is 2.70. The first kappa shape index (κ1) is 14.4. The second-order valence-electron chi connectivity index (χ2n) is 5.76. The van der Waals surface area contributed by atoms with Crippen molar-refractivity contribution in [2.24, 2.45) is 5.92 Å². The lowest BCUT2D eigenvalue weighted by molar-refractivity contribution is 0.0156. The van der Waals surface area contributed by atoms with E-state index in [0.29, 0.717) is 11.6 Å². The third kappa shape index (κ3) is 2.77. The van der Waals surface area contributed by atoms with Crippen molar-refractivity contribution in [1.29, 1.82) is 5.26 Å². The van der Waals surface area contributed by atoms with Crippen LogP contribution in [0.5, 0.6) is 0 Å². The molecule has 0 saturated carbocycles. The molecule has 1 aromatic rings. The summed E-state index contributed by atoms with van der Waals surface area (Å²) in [6.07, 6.45) is 0.988. The van der Waals surface area contributed by atoms with Gasteiger partial charge in [-0.1, -0.05) is 0 Å². The van der Waals surface area contributed by atoms with Gasteiger partial charge in [-0.05, 0) is 61.3 Å². The van der Waals surface area contributed by atoms with Crippen molar-refractivity contribution in [2.75, 3.05) is 11.4 Å². The fraction of sp³-hybridized carbons (Fsp3) is 0.533. The number of hydrogen-bond donors (Lipinski definition) is 1. The largest absolute Gasteiger partial charge is 0.390 e. The van der Waals surface area contributed by atoms with E-state index in [1.807, 2.05) is 32.0 Å². The number of nitriles is 1. The van der Waals surface area contributed by atoms with Gasteiger partial charge in [0.05, 0.1) is 11.2 Å². The van der Waals surface area contributed by atoms with Crippen molar-refractivity contribution < 1.29 is 5.11 Å². The van der Waals surface area contributed by atoms with E-state index in [1.54, 1.807) is 0 Å². The van der Waals surface area contributed by atoms with E-state index in [9.17, 15) is 5.11 Å². The summed E-state index contributed by atoms with van der Waals surface area (Å²) < 4.78 is 0.825. The second-order valence-corrected chi connectivity index (χ2v) is 6.61. The smallest absolute Gasteiger partial charge is 0.100 e. The molecule has 1 aromatic carbocycles. The van der Waals surface area contributed by atoms with Crippen molar-refractivity contribution >= 4 is 21.6 Å². The lowest BCUT2D eigenvalue weighted by atomic mass is 9.85. The maximum Gasteiger partial charge on any atom is 0.100 e. The number of rotatable bonds is 2. The summed E-state index contributed by atoms with van der Waals surface area (Å²) in [5, 5.41) is 19.2. The van der Waals surface area contributed by atoms with Gasteiger partial charge in [0.15, 0.2) is 0 Å². The van der Waals surface area contributed by atoms with E-state index in [2.05, 4.69) is 33.8 Å². The average molecular weight is 323 g/mol. The highest BCUT2D eigenvalue weighted by atomic mass is 79.9. The van der Waals surface area contributed by atoms with Crippen molar-refractivity contribution in [3.8, 4) is 6.07 Å². The molecule has 0 aromatic heterocycles. The predicted molar refractivity (Wildman–Crippen MR) is 80.1 cm³/mol. The lowest BCUT2D eigenvalue weighted by Crippen LogP contribution is -2.40. The lowest BCUT2D eigenvalue weighted by Gasteiger charge is -2.33. The molecule has 2 unspecified atom stereocenters. The summed E-state index contributed by atoms with van der Waals surface area (Å²) in [5.41, 5.74) is 1.10. The Bertz CT molecular complexity index is 516. The van der Waals surface area contributed by atoms with E-state index >= 15 is 0 Å². The van der Waals surface area contributed by atoms with Crippen LogP contribution in [0.25, 0.3) is 0 Å². The van der Waals surface area contributed by atoms with Crippen LogP contribution in [0.3, 0.4) is 0 Å². The molecule has 2 atom stereocenters.